The molecule has 2 aromatic rings. The summed E-state index contributed by atoms with van der Waals surface area (Å²) in [5.74, 6) is 0. The highest BCUT2D eigenvalue weighted by molar-refractivity contribution is 14.1. The summed E-state index contributed by atoms with van der Waals surface area (Å²) in [6, 6.07) is 1.92. The first kappa shape index (κ1) is 9.61. The number of halogens is 3. The zero-order valence-electron chi connectivity index (χ0n) is 6.26. The van der Waals surface area contributed by atoms with Crippen LogP contribution >= 0.6 is 50.1 Å². The van der Waals surface area contributed by atoms with Crippen LogP contribution in [0.5, 0.6) is 0 Å². The number of nitrogens with zero attached hydrogens (tertiary/aromatic N) is 2. The van der Waals surface area contributed by atoms with Crippen LogP contribution in [0.3, 0.4) is 0 Å². The van der Waals surface area contributed by atoms with Crippen LogP contribution in [0.25, 0.3) is 10.9 Å². The van der Waals surface area contributed by atoms with Gasteiger partial charge in [-0.05, 0) is 44.6 Å². The van der Waals surface area contributed by atoms with Crippen LogP contribution in [-0.2, 0) is 0 Å². The Morgan fingerprint density at radius 1 is 1.31 bits per heavy atom. The summed E-state index contributed by atoms with van der Waals surface area (Å²) < 4.78 is 1.91. The topological polar surface area (TPSA) is 25.8 Å². The van der Waals surface area contributed by atoms with E-state index in [1.807, 2.05) is 6.07 Å². The van der Waals surface area contributed by atoms with Gasteiger partial charge in [-0.2, -0.15) is 0 Å². The van der Waals surface area contributed by atoms with Gasteiger partial charge in [0.1, 0.15) is 5.15 Å². The summed E-state index contributed by atoms with van der Waals surface area (Å²) in [7, 11) is 0. The van der Waals surface area contributed by atoms with Crippen LogP contribution < -0.4 is 0 Å². The number of pyridine rings is 2. The van der Waals surface area contributed by atoms with Gasteiger partial charge in [0.25, 0.3) is 0 Å². The van der Waals surface area contributed by atoms with E-state index in [4.69, 9.17) is 11.6 Å². The Kier molecular flexibility index (Phi) is 2.71. The molecule has 0 spiro atoms. The molecule has 2 rings (SSSR count). The molecule has 13 heavy (non-hydrogen) atoms. The third-order valence-electron chi connectivity index (χ3n) is 1.59. The summed E-state index contributed by atoms with van der Waals surface area (Å²) in [6.07, 6.45) is 3.47. The molecule has 0 radical (unpaired) electrons. The largest absolute Gasteiger partial charge is 0.254 e. The minimum absolute atomic E-state index is 0.490. The lowest BCUT2D eigenvalue weighted by atomic mass is 10.3. The Bertz CT molecular complexity index is 475. The number of rotatable bonds is 0. The van der Waals surface area contributed by atoms with E-state index in [1.54, 1.807) is 12.4 Å². The second kappa shape index (κ2) is 3.67. The normalized spacial score (nSPS) is 10.7. The number of hydrogen-bond donors (Lipinski definition) is 0. The van der Waals surface area contributed by atoms with Gasteiger partial charge in [0, 0.05) is 22.3 Å². The molecular formula is C8H3BrClIN2. The van der Waals surface area contributed by atoms with E-state index >= 15 is 0 Å². The van der Waals surface area contributed by atoms with Gasteiger partial charge in [0.15, 0.2) is 0 Å². The Balaban J connectivity index is 2.92. The average Bonchev–Trinajstić information content (AvgIpc) is 2.12. The van der Waals surface area contributed by atoms with Crippen LogP contribution in [0.15, 0.2) is 22.9 Å². The molecule has 0 unspecified atom stereocenters. The van der Waals surface area contributed by atoms with E-state index in [-0.39, 0.29) is 0 Å². The molecule has 0 aliphatic rings. The molecule has 2 aromatic heterocycles. The Hall–Kier alpha value is 0.0600. The molecule has 0 aromatic carbocycles. The lowest BCUT2D eigenvalue weighted by Crippen LogP contribution is -1.86. The lowest BCUT2D eigenvalue weighted by molar-refractivity contribution is 1.30. The summed E-state index contributed by atoms with van der Waals surface area (Å²) in [5, 5.41) is 1.37. The van der Waals surface area contributed by atoms with Gasteiger partial charge in [-0.1, -0.05) is 11.6 Å². The second-order valence-electron chi connectivity index (χ2n) is 2.45. The smallest absolute Gasteiger partial charge is 0.138 e. The predicted octanol–water partition coefficient (Wildman–Crippen LogP) is 3.65. The van der Waals surface area contributed by atoms with Crippen molar-refractivity contribution in [2.45, 2.75) is 0 Å². The van der Waals surface area contributed by atoms with Gasteiger partial charge in [-0.3, -0.25) is 4.98 Å². The van der Waals surface area contributed by atoms with Gasteiger partial charge in [-0.25, -0.2) is 4.98 Å². The third kappa shape index (κ3) is 1.80. The van der Waals surface area contributed by atoms with E-state index in [9.17, 15) is 0 Å². The Labute approximate surface area is 102 Å². The molecule has 5 heteroatoms. The quantitative estimate of drug-likeness (QED) is 0.523. The van der Waals surface area contributed by atoms with E-state index in [0.717, 1.165) is 18.9 Å². The van der Waals surface area contributed by atoms with Crippen molar-refractivity contribution in [2.75, 3.05) is 0 Å². The summed E-state index contributed by atoms with van der Waals surface area (Å²) in [6.45, 7) is 0. The van der Waals surface area contributed by atoms with Crippen molar-refractivity contribution >= 4 is 61.0 Å². The van der Waals surface area contributed by atoms with Crippen molar-refractivity contribution in [1.29, 1.82) is 0 Å². The molecule has 0 atom stereocenters. The molecular weight excluding hydrogens is 366 g/mol. The van der Waals surface area contributed by atoms with Gasteiger partial charge >= 0.3 is 0 Å². The van der Waals surface area contributed by atoms with Crippen molar-refractivity contribution in [2.24, 2.45) is 0 Å². The minimum Gasteiger partial charge on any atom is -0.254 e. The maximum atomic E-state index is 5.93. The van der Waals surface area contributed by atoms with Crippen molar-refractivity contribution in [3.8, 4) is 0 Å². The van der Waals surface area contributed by atoms with Crippen LogP contribution in [0.1, 0.15) is 0 Å². The third-order valence-corrected chi connectivity index (χ3v) is 3.12. The molecule has 0 saturated heterocycles. The molecule has 0 N–H and O–H groups in total. The first-order chi connectivity index (χ1) is 6.18. The number of aromatic nitrogens is 2. The molecule has 0 bridgehead atoms. The van der Waals surface area contributed by atoms with Crippen molar-refractivity contribution < 1.29 is 0 Å². The number of hydrogen-bond acceptors (Lipinski definition) is 2. The fraction of sp³-hybridized carbons (Fsp3) is 0. The molecule has 66 valence electrons. The standard InChI is InChI=1S/C8H3BrClIN2/c9-4-1-5-7(12-2-4)6(11)3-13-8(5)10/h1-3H. The minimum atomic E-state index is 0.490. The average molecular weight is 369 g/mol. The van der Waals surface area contributed by atoms with Crippen LogP contribution in [0, 0.1) is 3.57 Å². The van der Waals surface area contributed by atoms with E-state index in [0.29, 0.717) is 5.15 Å². The highest BCUT2D eigenvalue weighted by atomic mass is 127. The molecule has 0 amide bonds. The fourth-order valence-corrected chi connectivity index (χ4v) is 2.12. The molecule has 0 aliphatic heterocycles. The Morgan fingerprint density at radius 3 is 2.85 bits per heavy atom. The summed E-state index contributed by atoms with van der Waals surface area (Å²) in [4.78, 5) is 8.31. The molecule has 2 nitrogen and oxygen atoms in total. The van der Waals surface area contributed by atoms with Crippen LogP contribution in [0.2, 0.25) is 5.15 Å². The van der Waals surface area contributed by atoms with E-state index in [1.165, 1.54) is 0 Å². The van der Waals surface area contributed by atoms with Crippen LogP contribution in [0.4, 0.5) is 0 Å². The highest BCUT2D eigenvalue weighted by Gasteiger charge is 2.05. The second-order valence-corrected chi connectivity index (χ2v) is 4.88. The fourth-order valence-electron chi connectivity index (χ4n) is 1.03. The zero-order valence-corrected chi connectivity index (χ0v) is 10.8. The lowest BCUT2D eigenvalue weighted by Gasteiger charge is -2.01. The van der Waals surface area contributed by atoms with Crippen molar-refractivity contribution in [3.63, 3.8) is 0 Å². The van der Waals surface area contributed by atoms with E-state index < -0.39 is 0 Å². The zero-order chi connectivity index (χ0) is 9.42. The van der Waals surface area contributed by atoms with Gasteiger partial charge < -0.3 is 0 Å². The van der Waals surface area contributed by atoms with E-state index in [2.05, 4.69) is 48.5 Å². The summed E-state index contributed by atoms with van der Waals surface area (Å²) >= 11 is 11.5. The molecule has 0 saturated carbocycles. The number of fused-ring (bicyclic) bond motifs is 1. The van der Waals surface area contributed by atoms with Crippen molar-refractivity contribution in [1.82, 2.24) is 9.97 Å². The first-order valence-corrected chi connectivity index (χ1v) is 5.68. The van der Waals surface area contributed by atoms with Gasteiger partial charge in [0.2, 0.25) is 0 Å². The van der Waals surface area contributed by atoms with Gasteiger partial charge in [0.05, 0.1) is 9.09 Å². The predicted molar refractivity (Wildman–Crippen MR) is 65.0 cm³/mol. The maximum absolute atomic E-state index is 5.93. The van der Waals surface area contributed by atoms with Crippen LogP contribution in [-0.4, -0.2) is 9.97 Å². The van der Waals surface area contributed by atoms with Crippen molar-refractivity contribution in [3.05, 3.63) is 31.7 Å². The molecule has 0 fully saturated rings. The summed E-state index contributed by atoms with van der Waals surface area (Å²) in [5.41, 5.74) is 0.892. The van der Waals surface area contributed by atoms with Gasteiger partial charge in [-0.15, -0.1) is 0 Å². The SMILES string of the molecule is Clc1ncc(I)c2ncc(Br)cc12. The Morgan fingerprint density at radius 2 is 2.08 bits per heavy atom. The molecule has 0 aliphatic carbocycles. The maximum Gasteiger partial charge on any atom is 0.138 e. The molecule has 2 heterocycles. The first-order valence-electron chi connectivity index (χ1n) is 3.44. The highest BCUT2D eigenvalue weighted by Crippen LogP contribution is 2.25. The monoisotopic (exact) mass is 368 g/mol.